The van der Waals surface area contributed by atoms with Crippen LogP contribution >= 0.6 is 11.8 Å². The fraction of sp³-hybridized carbons (Fsp3) is 0.333. The van der Waals surface area contributed by atoms with E-state index in [1.54, 1.807) is 30.0 Å². The highest BCUT2D eigenvalue weighted by Crippen LogP contribution is 2.22. The lowest BCUT2D eigenvalue weighted by Crippen LogP contribution is -2.45. The lowest BCUT2D eigenvalue weighted by molar-refractivity contribution is -0.136. The second-order valence-corrected chi connectivity index (χ2v) is 7.49. The summed E-state index contributed by atoms with van der Waals surface area (Å²) in [6, 6.07) is 13.3. The number of hydrogen-bond donors (Lipinski definition) is 2. The minimum Gasteiger partial charge on any atom is -0.379 e. The Morgan fingerprint density at radius 2 is 1.86 bits per heavy atom. The third-order valence-corrected chi connectivity index (χ3v) is 5.46. The molecule has 8 heteroatoms. The van der Waals surface area contributed by atoms with E-state index in [1.807, 2.05) is 24.5 Å². The zero-order valence-corrected chi connectivity index (χ0v) is 17.0. The number of nitrogens with zero attached hydrogens (tertiary/aromatic N) is 1. The molecule has 154 valence electrons. The second-order valence-electron chi connectivity index (χ2n) is 6.61. The lowest BCUT2D eigenvalue weighted by Gasteiger charge is -2.34. The number of benzene rings is 2. The Morgan fingerprint density at radius 1 is 1.14 bits per heavy atom. The smallest absolute Gasteiger partial charge is 0.313 e. The molecule has 0 bridgehead atoms. The van der Waals surface area contributed by atoms with Crippen molar-refractivity contribution in [2.45, 2.75) is 10.9 Å². The van der Waals surface area contributed by atoms with E-state index in [1.165, 1.54) is 12.1 Å². The maximum Gasteiger partial charge on any atom is 0.313 e. The number of ether oxygens (including phenoxy) is 1. The summed E-state index contributed by atoms with van der Waals surface area (Å²) >= 11 is 1.55. The molecule has 1 fully saturated rings. The van der Waals surface area contributed by atoms with E-state index in [-0.39, 0.29) is 18.4 Å². The van der Waals surface area contributed by atoms with Crippen LogP contribution in [0.3, 0.4) is 0 Å². The van der Waals surface area contributed by atoms with Crippen molar-refractivity contribution in [3.63, 3.8) is 0 Å². The number of halogens is 1. The van der Waals surface area contributed by atoms with Crippen LogP contribution in [0.4, 0.5) is 10.1 Å². The van der Waals surface area contributed by atoms with E-state index >= 15 is 0 Å². The van der Waals surface area contributed by atoms with Gasteiger partial charge in [0.2, 0.25) is 0 Å². The number of amides is 2. The molecule has 1 unspecified atom stereocenters. The third kappa shape index (κ3) is 6.03. The summed E-state index contributed by atoms with van der Waals surface area (Å²) in [5, 5.41) is 5.33. The molecule has 1 heterocycles. The molecule has 1 aliphatic rings. The predicted molar refractivity (Wildman–Crippen MR) is 111 cm³/mol. The maximum absolute atomic E-state index is 13.3. The third-order valence-electron chi connectivity index (χ3n) is 4.73. The maximum atomic E-state index is 13.3. The molecule has 2 amide bonds. The molecule has 3 rings (SSSR count). The Labute approximate surface area is 173 Å². The molecule has 29 heavy (non-hydrogen) atoms. The minimum absolute atomic E-state index is 0.170. The summed E-state index contributed by atoms with van der Waals surface area (Å²) < 4.78 is 18.7. The summed E-state index contributed by atoms with van der Waals surface area (Å²) in [5.74, 6) is -1.74. The molecular weight excluding hydrogens is 393 g/mol. The van der Waals surface area contributed by atoms with Crippen LogP contribution in [0, 0.1) is 5.82 Å². The summed E-state index contributed by atoms with van der Waals surface area (Å²) in [4.78, 5) is 27.8. The van der Waals surface area contributed by atoms with Crippen molar-refractivity contribution in [3.05, 3.63) is 59.9 Å². The normalized spacial score (nSPS) is 15.5. The highest BCUT2D eigenvalue weighted by atomic mass is 32.2. The molecule has 6 nitrogen and oxygen atoms in total. The Kier molecular flexibility index (Phi) is 7.62. The van der Waals surface area contributed by atoms with Gasteiger partial charge in [-0.15, -0.1) is 11.8 Å². The monoisotopic (exact) mass is 417 g/mol. The van der Waals surface area contributed by atoms with Gasteiger partial charge >= 0.3 is 11.8 Å². The van der Waals surface area contributed by atoms with E-state index < -0.39 is 11.8 Å². The number of thioether (sulfide) groups is 1. The summed E-state index contributed by atoms with van der Waals surface area (Å²) in [6.45, 7) is 2.83. The van der Waals surface area contributed by atoms with E-state index in [9.17, 15) is 14.0 Å². The van der Waals surface area contributed by atoms with Crippen LogP contribution in [0.1, 0.15) is 11.6 Å². The number of anilines is 1. The standard InChI is InChI=1S/C21H24FN3O3S/c1-29-18-4-2-3-17(13-18)24-21(27)20(26)23-14-19(25-9-11-28-12-10-25)15-5-7-16(22)8-6-15/h2-8,13,19H,9-12,14H2,1H3,(H,23,26)(H,24,27). The van der Waals surface area contributed by atoms with Gasteiger partial charge in [-0.2, -0.15) is 0 Å². The first kappa shape index (κ1) is 21.3. The highest BCUT2D eigenvalue weighted by Gasteiger charge is 2.24. The number of nitrogens with one attached hydrogen (secondary N) is 2. The summed E-state index contributed by atoms with van der Waals surface area (Å²) in [7, 11) is 0. The van der Waals surface area contributed by atoms with E-state index in [4.69, 9.17) is 4.74 Å². The van der Waals surface area contributed by atoms with Gasteiger partial charge in [-0.1, -0.05) is 18.2 Å². The van der Waals surface area contributed by atoms with E-state index in [2.05, 4.69) is 15.5 Å². The van der Waals surface area contributed by atoms with Gasteiger partial charge in [0.15, 0.2) is 0 Å². The fourth-order valence-electron chi connectivity index (χ4n) is 3.19. The van der Waals surface area contributed by atoms with Crippen molar-refractivity contribution in [2.75, 3.05) is 44.4 Å². The van der Waals surface area contributed by atoms with Crippen molar-refractivity contribution < 1.29 is 18.7 Å². The molecule has 0 aromatic heterocycles. The lowest BCUT2D eigenvalue weighted by atomic mass is 10.0. The Morgan fingerprint density at radius 3 is 2.55 bits per heavy atom. The molecule has 1 atom stereocenters. The van der Waals surface area contributed by atoms with Crippen LogP contribution in [0.15, 0.2) is 53.4 Å². The van der Waals surface area contributed by atoms with E-state index in [0.717, 1.165) is 10.5 Å². The Hall–Kier alpha value is -2.42. The van der Waals surface area contributed by atoms with Crippen molar-refractivity contribution in [1.29, 1.82) is 0 Å². The molecule has 0 spiro atoms. The van der Waals surface area contributed by atoms with Gasteiger partial charge in [-0.25, -0.2) is 4.39 Å². The molecule has 2 N–H and O–H groups in total. The predicted octanol–water partition coefficient (Wildman–Crippen LogP) is 2.68. The number of carbonyl (C=O) groups is 2. The number of rotatable bonds is 6. The largest absolute Gasteiger partial charge is 0.379 e. The molecule has 1 aliphatic heterocycles. The van der Waals surface area contributed by atoms with Crippen LogP contribution in [0.25, 0.3) is 0 Å². The highest BCUT2D eigenvalue weighted by molar-refractivity contribution is 7.98. The first-order chi connectivity index (χ1) is 14.1. The molecule has 2 aromatic carbocycles. The zero-order valence-electron chi connectivity index (χ0n) is 16.2. The molecule has 2 aromatic rings. The number of hydrogen-bond acceptors (Lipinski definition) is 5. The van der Waals surface area contributed by atoms with Gasteiger partial charge in [0.1, 0.15) is 5.82 Å². The quantitative estimate of drug-likeness (QED) is 0.559. The zero-order chi connectivity index (χ0) is 20.6. The van der Waals surface area contributed by atoms with Crippen molar-refractivity contribution in [1.82, 2.24) is 10.2 Å². The Balaban J connectivity index is 1.63. The SMILES string of the molecule is CSc1cccc(NC(=O)C(=O)NCC(c2ccc(F)cc2)N2CCOCC2)c1. The molecular formula is C21H24FN3O3S. The van der Waals surface area contributed by atoms with Gasteiger partial charge in [-0.3, -0.25) is 14.5 Å². The molecule has 0 saturated carbocycles. The van der Waals surface area contributed by atoms with Crippen molar-refractivity contribution in [2.24, 2.45) is 0 Å². The number of morpholine rings is 1. The minimum atomic E-state index is -0.719. The molecule has 1 saturated heterocycles. The Bertz CT molecular complexity index is 841. The topological polar surface area (TPSA) is 70.7 Å². The van der Waals surface area contributed by atoms with E-state index in [0.29, 0.717) is 32.0 Å². The van der Waals surface area contributed by atoms with Gasteiger partial charge in [-0.05, 0) is 42.2 Å². The fourth-order valence-corrected chi connectivity index (χ4v) is 3.65. The second kappa shape index (κ2) is 10.4. The van der Waals surface area contributed by atoms with Gasteiger partial charge < -0.3 is 15.4 Å². The van der Waals surface area contributed by atoms with Crippen molar-refractivity contribution >= 4 is 29.3 Å². The van der Waals surface area contributed by atoms with Crippen LogP contribution in [-0.4, -0.2) is 55.8 Å². The number of carbonyl (C=O) groups excluding carboxylic acids is 2. The first-order valence-corrected chi connectivity index (χ1v) is 10.6. The average molecular weight is 418 g/mol. The summed E-state index contributed by atoms with van der Waals surface area (Å²) in [6.07, 6.45) is 1.94. The first-order valence-electron chi connectivity index (χ1n) is 9.37. The molecule has 0 radical (unpaired) electrons. The average Bonchev–Trinajstić information content (AvgIpc) is 2.75. The van der Waals surface area contributed by atoms with Crippen LogP contribution in [0.5, 0.6) is 0 Å². The van der Waals surface area contributed by atoms with Crippen LogP contribution < -0.4 is 10.6 Å². The van der Waals surface area contributed by atoms with Crippen molar-refractivity contribution in [3.8, 4) is 0 Å². The van der Waals surface area contributed by atoms with Crippen LogP contribution in [0.2, 0.25) is 0 Å². The van der Waals surface area contributed by atoms with Gasteiger partial charge in [0.05, 0.1) is 19.3 Å². The van der Waals surface area contributed by atoms with Crippen LogP contribution in [-0.2, 0) is 14.3 Å². The molecule has 0 aliphatic carbocycles. The van der Waals surface area contributed by atoms with Gasteiger partial charge in [0.25, 0.3) is 0 Å². The van der Waals surface area contributed by atoms with Gasteiger partial charge in [0, 0.05) is 30.2 Å². The summed E-state index contributed by atoms with van der Waals surface area (Å²) in [5.41, 5.74) is 1.45.